The van der Waals surface area contributed by atoms with Gasteiger partial charge in [-0.25, -0.2) is 0 Å². The van der Waals surface area contributed by atoms with Crippen molar-refractivity contribution in [2.75, 3.05) is 13.1 Å². The van der Waals surface area contributed by atoms with Gasteiger partial charge in [0, 0.05) is 37.6 Å². The van der Waals surface area contributed by atoms with Gasteiger partial charge in [0.2, 0.25) is 0 Å². The molecule has 3 atom stereocenters. The smallest absolute Gasteiger partial charge is 0.103 e. The molecule has 3 nitrogen and oxygen atoms in total. The van der Waals surface area contributed by atoms with Crippen molar-refractivity contribution >= 4 is 0 Å². The van der Waals surface area contributed by atoms with Crippen molar-refractivity contribution in [2.24, 2.45) is 5.92 Å². The molecular weight excluding hydrogens is 236 g/mol. The Balaban J connectivity index is 1.53. The maximum atomic E-state index is 5.44. The number of rotatable bonds is 5. The molecular formula is C16H26N2O. The molecule has 1 saturated carbocycles. The highest BCUT2D eigenvalue weighted by Crippen LogP contribution is 2.34. The molecule has 3 unspecified atom stereocenters. The summed E-state index contributed by atoms with van der Waals surface area (Å²) in [4.78, 5) is 2.70. The first-order chi connectivity index (χ1) is 9.24. The monoisotopic (exact) mass is 262 g/mol. The summed E-state index contributed by atoms with van der Waals surface area (Å²) in [6.07, 6.45) is 6.88. The molecule has 1 aromatic rings. The average Bonchev–Trinajstić information content (AvgIpc) is 3.13. The number of nitrogens with zero attached hydrogens (tertiary/aromatic N) is 1. The van der Waals surface area contributed by atoms with Crippen LogP contribution in [0.2, 0.25) is 0 Å². The summed E-state index contributed by atoms with van der Waals surface area (Å²) in [5.74, 6) is 2.07. The van der Waals surface area contributed by atoms with Crippen molar-refractivity contribution in [1.82, 2.24) is 10.2 Å². The molecule has 106 valence electrons. The summed E-state index contributed by atoms with van der Waals surface area (Å²) in [5.41, 5.74) is 0. The highest BCUT2D eigenvalue weighted by molar-refractivity contribution is 4.99. The Bertz CT molecular complexity index is 385. The summed E-state index contributed by atoms with van der Waals surface area (Å²) < 4.78 is 5.44. The van der Waals surface area contributed by atoms with Crippen molar-refractivity contribution in [3.8, 4) is 0 Å². The topological polar surface area (TPSA) is 28.4 Å². The quantitative estimate of drug-likeness (QED) is 0.884. The Labute approximate surface area is 116 Å². The van der Waals surface area contributed by atoms with E-state index in [9.17, 15) is 0 Å². The molecule has 0 amide bonds. The Morgan fingerprint density at radius 1 is 1.47 bits per heavy atom. The van der Waals surface area contributed by atoms with Gasteiger partial charge in [-0.2, -0.15) is 0 Å². The Morgan fingerprint density at radius 3 is 3.00 bits per heavy atom. The predicted molar refractivity (Wildman–Crippen MR) is 77.2 cm³/mol. The maximum Gasteiger partial charge on any atom is 0.103 e. The van der Waals surface area contributed by atoms with Crippen molar-refractivity contribution in [3.05, 3.63) is 24.2 Å². The summed E-state index contributed by atoms with van der Waals surface area (Å²) in [7, 11) is 0. The van der Waals surface area contributed by atoms with Crippen molar-refractivity contribution in [3.63, 3.8) is 0 Å². The van der Waals surface area contributed by atoms with Crippen molar-refractivity contribution < 1.29 is 4.42 Å². The minimum atomic E-state index is 0.642. The molecule has 3 rings (SSSR count). The van der Waals surface area contributed by atoms with E-state index in [1.807, 2.05) is 6.07 Å². The van der Waals surface area contributed by atoms with Crippen LogP contribution >= 0.6 is 0 Å². The second-order valence-corrected chi connectivity index (χ2v) is 6.37. The molecule has 1 aliphatic carbocycles. The van der Waals surface area contributed by atoms with E-state index in [1.165, 1.54) is 25.8 Å². The zero-order chi connectivity index (χ0) is 13.2. The van der Waals surface area contributed by atoms with Crippen LogP contribution in [0.5, 0.6) is 0 Å². The summed E-state index contributed by atoms with van der Waals surface area (Å²) in [6, 6.07) is 6.10. The fourth-order valence-corrected chi connectivity index (χ4v) is 3.31. The molecule has 1 aromatic heterocycles. The van der Waals surface area contributed by atoms with E-state index in [2.05, 4.69) is 30.1 Å². The van der Waals surface area contributed by atoms with Gasteiger partial charge in [0.05, 0.1) is 6.26 Å². The van der Waals surface area contributed by atoms with Crippen LogP contribution in [0, 0.1) is 5.92 Å². The van der Waals surface area contributed by atoms with Crippen LogP contribution in [0.4, 0.5) is 0 Å². The van der Waals surface area contributed by atoms with Gasteiger partial charge in [0.25, 0.3) is 0 Å². The summed E-state index contributed by atoms with van der Waals surface area (Å²) >= 11 is 0. The van der Waals surface area contributed by atoms with Crippen LogP contribution < -0.4 is 5.32 Å². The minimum Gasteiger partial charge on any atom is -0.469 e. The highest BCUT2D eigenvalue weighted by Gasteiger charge is 2.37. The van der Waals surface area contributed by atoms with Gasteiger partial charge in [-0.05, 0) is 51.2 Å². The normalized spacial score (nSPS) is 30.4. The second-order valence-electron chi connectivity index (χ2n) is 6.37. The highest BCUT2D eigenvalue weighted by atomic mass is 16.3. The van der Waals surface area contributed by atoms with Crippen LogP contribution in [-0.2, 0) is 6.42 Å². The van der Waals surface area contributed by atoms with E-state index < -0.39 is 0 Å². The van der Waals surface area contributed by atoms with Gasteiger partial charge in [-0.15, -0.1) is 0 Å². The maximum absolute atomic E-state index is 5.44. The van der Waals surface area contributed by atoms with Gasteiger partial charge in [0.15, 0.2) is 0 Å². The van der Waals surface area contributed by atoms with E-state index in [1.54, 1.807) is 6.26 Å². The average molecular weight is 262 g/mol. The fourth-order valence-electron chi connectivity index (χ4n) is 3.31. The zero-order valence-electron chi connectivity index (χ0n) is 12.1. The molecule has 19 heavy (non-hydrogen) atoms. The molecule has 2 fully saturated rings. The SMILES string of the molecule is CC(CCc1ccco1)N1CC(C2CC2)NCC1C. The number of hydrogen-bond donors (Lipinski definition) is 1. The van der Waals surface area contributed by atoms with E-state index in [-0.39, 0.29) is 0 Å². The zero-order valence-corrected chi connectivity index (χ0v) is 12.1. The first-order valence-electron chi connectivity index (χ1n) is 7.75. The van der Waals surface area contributed by atoms with E-state index in [0.29, 0.717) is 12.1 Å². The van der Waals surface area contributed by atoms with Gasteiger partial charge in [-0.3, -0.25) is 4.90 Å². The number of aryl methyl sites for hydroxylation is 1. The van der Waals surface area contributed by atoms with Gasteiger partial charge < -0.3 is 9.73 Å². The molecule has 1 saturated heterocycles. The lowest BCUT2D eigenvalue weighted by Gasteiger charge is -2.42. The third kappa shape index (κ3) is 3.21. The van der Waals surface area contributed by atoms with Crippen molar-refractivity contribution in [2.45, 2.75) is 57.7 Å². The minimum absolute atomic E-state index is 0.642. The van der Waals surface area contributed by atoms with Gasteiger partial charge in [-0.1, -0.05) is 0 Å². The van der Waals surface area contributed by atoms with Crippen molar-refractivity contribution in [1.29, 1.82) is 0 Å². The lowest BCUT2D eigenvalue weighted by atomic mass is 10.0. The van der Waals surface area contributed by atoms with Crippen LogP contribution in [-0.4, -0.2) is 36.1 Å². The molecule has 0 radical (unpaired) electrons. The summed E-state index contributed by atoms with van der Waals surface area (Å²) in [5, 5.41) is 3.73. The number of piperazine rings is 1. The van der Waals surface area contributed by atoms with Gasteiger partial charge >= 0.3 is 0 Å². The standard InChI is InChI=1S/C16H26N2O/c1-12(5-8-15-4-3-9-19-15)18-11-16(14-6-7-14)17-10-13(18)2/h3-4,9,12-14,16-17H,5-8,10-11H2,1-2H3. The van der Waals surface area contributed by atoms with Gasteiger partial charge in [0.1, 0.15) is 5.76 Å². The van der Waals surface area contributed by atoms with Crippen LogP contribution in [0.15, 0.2) is 22.8 Å². The van der Waals surface area contributed by atoms with Crippen LogP contribution in [0.3, 0.4) is 0 Å². The molecule has 1 aliphatic heterocycles. The Hall–Kier alpha value is -0.800. The molecule has 0 spiro atoms. The first kappa shape index (κ1) is 13.2. The van der Waals surface area contributed by atoms with E-state index in [0.717, 1.165) is 30.7 Å². The molecule has 0 aromatic carbocycles. The number of nitrogens with one attached hydrogen (secondary N) is 1. The molecule has 2 aliphatic rings. The molecule has 2 heterocycles. The van der Waals surface area contributed by atoms with E-state index in [4.69, 9.17) is 4.42 Å². The predicted octanol–water partition coefficient (Wildman–Crippen LogP) is 2.67. The first-order valence-corrected chi connectivity index (χ1v) is 7.75. The molecule has 0 bridgehead atoms. The summed E-state index contributed by atoms with van der Waals surface area (Å²) in [6.45, 7) is 7.09. The fraction of sp³-hybridized carbons (Fsp3) is 0.750. The Morgan fingerprint density at radius 2 is 2.32 bits per heavy atom. The van der Waals surface area contributed by atoms with E-state index >= 15 is 0 Å². The van der Waals surface area contributed by atoms with Crippen LogP contribution in [0.1, 0.15) is 38.9 Å². The number of furan rings is 1. The van der Waals surface area contributed by atoms with Crippen LogP contribution in [0.25, 0.3) is 0 Å². The third-order valence-corrected chi connectivity index (χ3v) is 4.79. The largest absolute Gasteiger partial charge is 0.469 e. The Kier molecular flexibility index (Phi) is 3.94. The lowest BCUT2D eigenvalue weighted by molar-refractivity contribution is 0.0878. The lowest BCUT2D eigenvalue weighted by Crippen LogP contribution is -2.58. The molecule has 1 N–H and O–H groups in total. The third-order valence-electron chi connectivity index (χ3n) is 4.79. The number of hydrogen-bond acceptors (Lipinski definition) is 3. The molecule has 3 heteroatoms. The second kappa shape index (κ2) is 5.68.